The Labute approximate surface area is 119 Å². The SMILES string of the molecule is CCNCc1sc(S(=O)(=O)NCC2(C)CC2)cc1C. The number of hydrogen-bond donors (Lipinski definition) is 2. The number of sulfonamides is 1. The van der Waals surface area contributed by atoms with Crippen LogP contribution < -0.4 is 10.0 Å². The van der Waals surface area contributed by atoms with Crippen molar-refractivity contribution >= 4 is 21.4 Å². The Bertz CT molecular complexity index is 545. The van der Waals surface area contributed by atoms with Gasteiger partial charge in [-0.25, -0.2) is 13.1 Å². The minimum atomic E-state index is -3.34. The van der Waals surface area contributed by atoms with Crippen molar-refractivity contribution in [3.63, 3.8) is 0 Å². The molecule has 1 aromatic rings. The molecule has 0 unspecified atom stereocenters. The molecule has 19 heavy (non-hydrogen) atoms. The van der Waals surface area contributed by atoms with Crippen molar-refractivity contribution in [2.75, 3.05) is 13.1 Å². The lowest BCUT2D eigenvalue weighted by molar-refractivity contribution is 0.531. The van der Waals surface area contributed by atoms with Crippen LogP contribution >= 0.6 is 11.3 Å². The molecule has 0 bridgehead atoms. The van der Waals surface area contributed by atoms with Crippen LogP contribution in [0.2, 0.25) is 0 Å². The Balaban J connectivity index is 2.07. The lowest BCUT2D eigenvalue weighted by atomic mass is 10.2. The van der Waals surface area contributed by atoms with Gasteiger partial charge in [0.15, 0.2) is 0 Å². The van der Waals surface area contributed by atoms with Gasteiger partial charge in [-0.05, 0) is 43.4 Å². The summed E-state index contributed by atoms with van der Waals surface area (Å²) in [6.07, 6.45) is 2.23. The van der Waals surface area contributed by atoms with Gasteiger partial charge >= 0.3 is 0 Å². The largest absolute Gasteiger partial charge is 0.312 e. The number of rotatable bonds is 7. The Morgan fingerprint density at radius 3 is 2.68 bits per heavy atom. The second-order valence-corrected chi connectivity index (χ2v) is 8.72. The molecule has 1 aromatic heterocycles. The predicted octanol–water partition coefficient (Wildman–Crippen LogP) is 2.24. The monoisotopic (exact) mass is 302 g/mol. The second kappa shape index (κ2) is 5.52. The molecule has 1 heterocycles. The Kier molecular flexibility index (Phi) is 4.35. The standard InChI is InChI=1S/C13H22N2O2S2/c1-4-14-8-11-10(2)7-12(18-11)19(16,17)15-9-13(3)5-6-13/h7,14-15H,4-6,8-9H2,1-3H3. The normalized spacial score (nSPS) is 17.6. The number of aryl methyl sites for hydroxylation is 1. The summed E-state index contributed by atoms with van der Waals surface area (Å²) in [5.41, 5.74) is 1.23. The number of thiophene rings is 1. The van der Waals surface area contributed by atoms with Crippen molar-refractivity contribution in [3.05, 3.63) is 16.5 Å². The molecule has 1 fully saturated rings. The molecule has 0 radical (unpaired) electrons. The molecular formula is C13H22N2O2S2. The molecule has 0 aromatic carbocycles. The average molecular weight is 302 g/mol. The summed E-state index contributed by atoms with van der Waals surface area (Å²) >= 11 is 1.36. The van der Waals surface area contributed by atoms with Crippen molar-refractivity contribution in [2.45, 2.75) is 44.4 Å². The van der Waals surface area contributed by atoms with Gasteiger partial charge < -0.3 is 5.32 Å². The Morgan fingerprint density at radius 2 is 2.11 bits per heavy atom. The fraction of sp³-hybridized carbons (Fsp3) is 0.692. The van der Waals surface area contributed by atoms with E-state index in [-0.39, 0.29) is 5.41 Å². The first-order valence-electron chi connectivity index (χ1n) is 6.66. The summed E-state index contributed by atoms with van der Waals surface area (Å²) in [6.45, 7) is 8.29. The average Bonchev–Trinajstić information content (AvgIpc) is 2.97. The van der Waals surface area contributed by atoms with Crippen molar-refractivity contribution in [3.8, 4) is 0 Å². The maximum Gasteiger partial charge on any atom is 0.250 e. The molecule has 0 amide bonds. The molecule has 2 rings (SSSR count). The van der Waals surface area contributed by atoms with Gasteiger partial charge in [0.05, 0.1) is 0 Å². The highest BCUT2D eigenvalue weighted by Crippen LogP contribution is 2.44. The van der Waals surface area contributed by atoms with Crippen LogP contribution in [0.4, 0.5) is 0 Å². The van der Waals surface area contributed by atoms with E-state index in [1.807, 2.05) is 13.8 Å². The third kappa shape index (κ3) is 3.78. The van der Waals surface area contributed by atoms with Crippen LogP contribution in [-0.4, -0.2) is 21.5 Å². The van der Waals surface area contributed by atoms with Crippen LogP contribution in [0.3, 0.4) is 0 Å². The maximum atomic E-state index is 12.2. The lowest BCUT2D eigenvalue weighted by Gasteiger charge is -2.09. The lowest BCUT2D eigenvalue weighted by Crippen LogP contribution is -2.28. The molecule has 108 valence electrons. The van der Waals surface area contributed by atoms with Crippen LogP contribution in [0.5, 0.6) is 0 Å². The first-order chi connectivity index (χ1) is 8.86. The van der Waals surface area contributed by atoms with E-state index in [4.69, 9.17) is 0 Å². The molecule has 1 saturated carbocycles. The zero-order valence-electron chi connectivity index (χ0n) is 11.7. The molecule has 4 nitrogen and oxygen atoms in total. The highest BCUT2D eigenvalue weighted by molar-refractivity contribution is 7.91. The molecule has 1 aliphatic rings. The van der Waals surface area contributed by atoms with Crippen molar-refractivity contribution in [1.82, 2.24) is 10.0 Å². The summed E-state index contributed by atoms with van der Waals surface area (Å²) in [5.74, 6) is 0. The van der Waals surface area contributed by atoms with E-state index < -0.39 is 10.0 Å². The van der Waals surface area contributed by atoms with Gasteiger partial charge in [-0.3, -0.25) is 0 Å². The van der Waals surface area contributed by atoms with Crippen LogP contribution in [0, 0.1) is 12.3 Å². The van der Waals surface area contributed by atoms with Gasteiger partial charge in [0.1, 0.15) is 4.21 Å². The minimum absolute atomic E-state index is 0.186. The molecule has 0 saturated heterocycles. The maximum absolute atomic E-state index is 12.2. The van der Waals surface area contributed by atoms with Gasteiger partial charge in [0.25, 0.3) is 0 Å². The van der Waals surface area contributed by atoms with Gasteiger partial charge in [-0.1, -0.05) is 13.8 Å². The Hall–Kier alpha value is -0.430. The predicted molar refractivity (Wildman–Crippen MR) is 79.0 cm³/mol. The smallest absolute Gasteiger partial charge is 0.250 e. The van der Waals surface area contributed by atoms with Crippen LogP contribution in [0.15, 0.2) is 10.3 Å². The zero-order chi connectivity index (χ0) is 14.1. The van der Waals surface area contributed by atoms with Gasteiger partial charge in [0.2, 0.25) is 10.0 Å². The van der Waals surface area contributed by atoms with Gasteiger partial charge in [-0.2, -0.15) is 0 Å². The molecule has 0 aliphatic heterocycles. The topological polar surface area (TPSA) is 58.2 Å². The van der Waals surface area contributed by atoms with Crippen LogP contribution in [0.1, 0.15) is 37.1 Å². The van der Waals surface area contributed by atoms with Crippen LogP contribution in [0.25, 0.3) is 0 Å². The van der Waals surface area contributed by atoms with Gasteiger partial charge in [0, 0.05) is 18.0 Å². The molecule has 0 atom stereocenters. The van der Waals surface area contributed by atoms with Crippen molar-refractivity contribution in [2.24, 2.45) is 5.41 Å². The first kappa shape index (κ1) is 15.0. The number of nitrogens with one attached hydrogen (secondary N) is 2. The summed E-state index contributed by atoms with van der Waals surface area (Å²) < 4.78 is 27.6. The summed E-state index contributed by atoms with van der Waals surface area (Å²) in [7, 11) is -3.34. The molecule has 2 N–H and O–H groups in total. The summed E-state index contributed by atoms with van der Waals surface area (Å²) in [6, 6.07) is 1.77. The van der Waals surface area contributed by atoms with E-state index in [1.165, 1.54) is 11.3 Å². The van der Waals surface area contributed by atoms with Crippen molar-refractivity contribution < 1.29 is 8.42 Å². The third-order valence-electron chi connectivity index (χ3n) is 3.59. The Morgan fingerprint density at radius 1 is 1.42 bits per heavy atom. The van der Waals surface area contributed by atoms with Gasteiger partial charge in [-0.15, -0.1) is 11.3 Å². The first-order valence-corrected chi connectivity index (χ1v) is 8.96. The van der Waals surface area contributed by atoms with E-state index in [0.29, 0.717) is 10.8 Å². The van der Waals surface area contributed by atoms with E-state index in [0.717, 1.165) is 36.4 Å². The highest BCUT2D eigenvalue weighted by Gasteiger charge is 2.38. The van der Waals surface area contributed by atoms with E-state index in [2.05, 4.69) is 17.0 Å². The highest BCUT2D eigenvalue weighted by atomic mass is 32.2. The van der Waals surface area contributed by atoms with E-state index in [1.54, 1.807) is 6.07 Å². The zero-order valence-corrected chi connectivity index (χ0v) is 13.4. The summed E-state index contributed by atoms with van der Waals surface area (Å²) in [5, 5.41) is 3.23. The quantitative estimate of drug-likeness (QED) is 0.812. The van der Waals surface area contributed by atoms with Crippen molar-refractivity contribution in [1.29, 1.82) is 0 Å². The fourth-order valence-corrected chi connectivity index (χ4v) is 4.57. The molecule has 1 aliphatic carbocycles. The molecule has 6 heteroatoms. The van der Waals surface area contributed by atoms with Crippen LogP contribution in [-0.2, 0) is 16.6 Å². The fourth-order valence-electron chi connectivity index (χ4n) is 1.77. The van der Waals surface area contributed by atoms with E-state index in [9.17, 15) is 8.42 Å². The summed E-state index contributed by atoms with van der Waals surface area (Å²) in [4.78, 5) is 1.10. The minimum Gasteiger partial charge on any atom is -0.312 e. The van der Waals surface area contributed by atoms with E-state index >= 15 is 0 Å². The molecule has 0 spiro atoms. The second-order valence-electron chi connectivity index (χ2n) is 5.59. The third-order valence-corrected chi connectivity index (χ3v) is 6.70. The molecular weight excluding hydrogens is 280 g/mol. The number of hydrogen-bond acceptors (Lipinski definition) is 4.